The summed E-state index contributed by atoms with van der Waals surface area (Å²) in [6.45, 7) is 0.461. The minimum atomic E-state index is -3.62. The monoisotopic (exact) mass is 500 g/mol. The van der Waals surface area contributed by atoms with E-state index < -0.39 is 14.9 Å². The number of thiophene rings is 1. The van der Waals surface area contributed by atoms with Gasteiger partial charge in [-0.05, 0) is 31.0 Å². The lowest BCUT2D eigenvalue weighted by molar-refractivity contribution is -0.384. The van der Waals surface area contributed by atoms with Crippen LogP contribution in [0.5, 0.6) is 0 Å². The van der Waals surface area contributed by atoms with E-state index in [-0.39, 0.29) is 34.8 Å². The van der Waals surface area contributed by atoms with Crippen LogP contribution in [0.1, 0.15) is 12.8 Å². The molecule has 0 spiro atoms. The van der Waals surface area contributed by atoms with Crippen LogP contribution in [-0.2, 0) is 21.9 Å². The van der Waals surface area contributed by atoms with Crippen molar-refractivity contribution in [1.29, 1.82) is 0 Å². The highest BCUT2D eigenvalue weighted by molar-refractivity contribution is 7.91. The maximum absolute atomic E-state index is 12.7. The van der Waals surface area contributed by atoms with Crippen molar-refractivity contribution in [2.24, 2.45) is 18.0 Å². The van der Waals surface area contributed by atoms with E-state index in [0.717, 1.165) is 16.9 Å². The van der Waals surface area contributed by atoms with E-state index in [4.69, 9.17) is 11.6 Å². The maximum atomic E-state index is 12.7. The minimum absolute atomic E-state index is 0.0205. The number of carbonyl (C=O) groups is 1. The number of aryl methyl sites for hydroxylation is 1. The number of benzene rings is 1. The molecule has 3 aromatic rings. The zero-order valence-corrected chi connectivity index (χ0v) is 19.4. The fourth-order valence-electron chi connectivity index (χ4n) is 3.44. The molecule has 1 saturated heterocycles. The number of hydrogen-bond donors (Lipinski definition) is 0. The number of nitro groups is 1. The van der Waals surface area contributed by atoms with Crippen molar-refractivity contribution >= 4 is 66.1 Å². The molecule has 0 radical (unpaired) electrons. The third-order valence-corrected chi connectivity index (χ3v) is 9.85. The van der Waals surface area contributed by atoms with Gasteiger partial charge in [-0.25, -0.2) is 8.42 Å². The van der Waals surface area contributed by atoms with Crippen molar-refractivity contribution in [3.63, 3.8) is 0 Å². The number of rotatable bonds is 4. The fourth-order valence-corrected chi connectivity index (χ4v) is 7.60. The summed E-state index contributed by atoms with van der Waals surface area (Å²) in [5.41, 5.74) is 0.727. The molecule has 2 aromatic heterocycles. The summed E-state index contributed by atoms with van der Waals surface area (Å²) in [6, 6.07) is 7.55. The molecule has 0 aliphatic carbocycles. The third-order valence-electron chi connectivity index (χ3n) is 5.16. The molecule has 31 heavy (non-hydrogen) atoms. The number of nitrogens with zero attached hydrogens (tertiary/aromatic N) is 4. The molecule has 0 saturated carbocycles. The number of thiazole rings is 1. The van der Waals surface area contributed by atoms with E-state index >= 15 is 0 Å². The van der Waals surface area contributed by atoms with E-state index in [2.05, 4.69) is 4.99 Å². The van der Waals surface area contributed by atoms with Gasteiger partial charge in [0, 0.05) is 38.2 Å². The van der Waals surface area contributed by atoms with Crippen LogP contribution in [-0.4, -0.2) is 41.2 Å². The van der Waals surface area contributed by atoms with Crippen molar-refractivity contribution in [1.82, 2.24) is 8.87 Å². The predicted molar refractivity (Wildman–Crippen MR) is 119 cm³/mol. The molecule has 0 atom stereocenters. The molecule has 1 fully saturated rings. The molecule has 1 aliphatic rings. The number of halogens is 1. The van der Waals surface area contributed by atoms with Gasteiger partial charge in [0.25, 0.3) is 21.6 Å². The highest BCUT2D eigenvalue weighted by Gasteiger charge is 2.33. The normalized spacial score (nSPS) is 16.8. The molecule has 0 unspecified atom stereocenters. The number of nitro benzene ring substituents is 1. The van der Waals surface area contributed by atoms with E-state index in [9.17, 15) is 23.3 Å². The minimum Gasteiger partial charge on any atom is -0.319 e. The molecule has 4 rings (SSSR count). The zero-order chi connectivity index (χ0) is 22.3. The summed E-state index contributed by atoms with van der Waals surface area (Å²) in [4.78, 5) is 27.9. The number of carbonyl (C=O) groups excluding carboxylic acids is 1. The lowest BCUT2D eigenvalue weighted by atomic mass is 9.98. The topological polar surface area (TPSA) is 115 Å². The number of non-ortho nitro benzene ring substituents is 1. The second-order valence-corrected chi connectivity index (χ2v) is 11.9. The van der Waals surface area contributed by atoms with Crippen LogP contribution in [0.15, 0.2) is 39.5 Å². The van der Waals surface area contributed by atoms with Crippen LogP contribution in [0.25, 0.3) is 10.2 Å². The highest BCUT2D eigenvalue weighted by atomic mass is 35.5. The lowest BCUT2D eigenvalue weighted by Gasteiger charge is -2.29. The second-order valence-electron chi connectivity index (χ2n) is 7.04. The van der Waals surface area contributed by atoms with Crippen molar-refractivity contribution in [2.45, 2.75) is 17.1 Å². The van der Waals surface area contributed by atoms with Crippen LogP contribution in [0.2, 0.25) is 4.34 Å². The Morgan fingerprint density at radius 1 is 1.23 bits per heavy atom. The first kappa shape index (κ1) is 22.1. The largest absolute Gasteiger partial charge is 0.319 e. The Balaban J connectivity index is 1.51. The Morgan fingerprint density at radius 2 is 1.94 bits per heavy atom. The molecule has 13 heteroatoms. The summed E-state index contributed by atoms with van der Waals surface area (Å²) >= 11 is 8.07. The van der Waals surface area contributed by atoms with Crippen molar-refractivity contribution in [3.05, 3.63) is 49.6 Å². The first-order valence-corrected chi connectivity index (χ1v) is 12.7. The number of sulfonamides is 1. The quantitative estimate of drug-likeness (QED) is 0.402. The summed E-state index contributed by atoms with van der Waals surface area (Å²) < 4.78 is 29.8. The van der Waals surface area contributed by atoms with E-state index in [1.807, 2.05) is 0 Å². The molecule has 0 N–H and O–H groups in total. The van der Waals surface area contributed by atoms with Crippen molar-refractivity contribution in [3.8, 4) is 0 Å². The van der Waals surface area contributed by atoms with Gasteiger partial charge in [0.05, 0.1) is 19.5 Å². The van der Waals surface area contributed by atoms with Gasteiger partial charge in [0.2, 0.25) is 0 Å². The molecular weight excluding hydrogens is 484 g/mol. The number of fused-ring (bicyclic) bond motifs is 1. The average Bonchev–Trinajstić information content (AvgIpc) is 3.32. The molecule has 1 aliphatic heterocycles. The molecular formula is C18H17ClN4O5S3. The molecule has 9 nitrogen and oxygen atoms in total. The second kappa shape index (κ2) is 8.43. The Bertz CT molecular complexity index is 1350. The van der Waals surface area contributed by atoms with Gasteiger partial charge in [0.15, 0.2) is 4.80 Å². The summed E-state index contributed by atoms with van der Waals surface area (Å²) in [7, 11) is -1.87. The Labute approximate surface area is 190 Å². The highest BCUT2D eigenvalue weighted by Crippen LogP contribution is 2.31. The molecule has 1 amide bonds. The summed E-state index contributed by atoms with van der Waals surface area (Å²) in [5, 5.41) is 11.0. The third kappa shape index (κ3) is 4.30. The van der Waals surface area contributed by atoms with Gasteiger partial charge in [-0.1, -0.05) is 22.9 Å². The smallest absolute Gasteiger partial charge is 0.270 e. The van der Waals surface area contributed by atoms with Gasteiger partial charge in [-0.2, -0.15) is 9.30 Å². The van der Waals surface area contributed by atoms with Crippen LogP contribution in [0, 0.1) is 16.0 Å². The van der Waals surface area contributed by atoms with Gasteiger partial charge in [-0.3, -0.25) is 14.9 Å². The SMILES string of the molecule is Cn1c(=NC(=O)C2CCN(S(=O)(=O)c3ccc(Cl)s3)CC2)sc2cc([N+](=O)[O-])ccc21. The lowest BCUT2D eigenvalue weighted by Crippen LogP contribution is -2.40. The Kier molecular flexibility index (Phi) is 6.01. The number of hydrogen-bond acceptors (Lipinski definition) is 7. The molecule has 164 valence electrons. The molecule has 0 bridgehead atoms. The van der Waals surface area contributed by atoms with Gasteiger partial charge in [0.1, 0.15) is 4.21 Å². The Hall–Kier alpha value is -2.12. The van der Waals surface area contributed by atoms with E-state index in [0.29, 0.717) is 26.7 Å². The van der Waals surface area contributed by atoms with E-state index in [1.54, 1.807) is 23.7 Å². The van der Waals surface area contributed by atoms with Crippen molar-refractivity contribution < 1.29 is 18.1 Å². The van der Waals surface area contributed by atoms with Gasteiger partial charge in [-0.15, -0.1) is 11.3 Å². The summed E-state index contributed by atoms with van der Waals surface area (Å²) in [5.74, 6) is -0.689. The molecule has 3 heterocycles. The number of aromatic nitrogens is 1. The summed E-state index contributed by atoms with van der Waals surface area (Å²) in [6.07, 6.45) is 0.751. The number of amides is 1. The predicted octanol–water partition coefficient (Wildman–Crippen LogP) is 3.39. The maximum Gasteiger partial charge on any atom is 0.270 e. The average molecular weight is 501 g/mol. The van der Waals surface area contributed by atoms with Crippen LogP contribution in [0.4, 0.5) is 5.69 Å². The van der Waals surface area contributed by atoms with Crippen molar-refractivity contribution in [2.75, 3.05) is 13.1 Å². The molecule has 1 aromatic carbocycles. The van der Waals surface area contributed by atoms with E-state index in [1.165, 1.54) is 33.8 Å². The standard InChI is InChI=1S/C18H17ClN4O5S3/c1-21-13-3-2-12(23(25)26)10-14(13)29-18(21)20-17(24)11-6-8-22(9-7-11)31(27,28)16-5-4-15(19)30-16/h2-5,10-11H,6-9H2,1H3. The fraction of sp³-hybridized carbons (Fsp3) is 0.333. The van der Waals surface area contributed by atoms with Crippen LogP contribution >= 0.6 is 34.3 Å². The van der Waals surface area contributed by atoms with Crippen LogP contribution < -0.4 is 4.80 Å². The zero-order valence-electron chi connectivity index (χ0n) is 16.2. The first-order valence-electron chi connectivity index (χ1n) is 9.25. The number of piperidine rings is 1. The Morgan fingerprint density at radius 3 is 2.55 bits per heavy atom. The van der Waals surface area contributed by atoms with Crippen LogP contribution in [0.3, 0.4) is 0 Å². The van der Waals surface area contributed by atoms with Gasteiger partial charge < -0.3 is 4.57 Å². The van der Waals surface area contributed by atoms with Gasteiger partial charge >= 0.3 is 0 Å². The first-order chi connectivity index (χ1) is 14.7.